The molecule has 2 aliphatic heterocycles. The summed E-state index contributed by atoms with van der Waals surface area (Å²) in [7, 11) is 0. The van der Waals surface area contributed by atoms with Crippen molar-refractivity contribution >= 4 is 65.0 Å². The van der Waals surface area contributed by atoms with Gasteiger partial charge in [-0.25, -0.2) is 0 Å². The van der Waals surface area contributed by atoms with Crippen LogP contribution >= 0.6 is 0 Å². The third-order valence-electron chi connectivity index (χ3n) is 11.6. The number of carbonyl (C=O) groups excluding carboxylic acids is 11. The number of carbonyl (C=O) groups is 11. The van der Waals surface area contributed by atoms with Crippen molar-refractivity contribution in [3.63, 3.8) is 0 Å². The highest BCUT2D eigenvalue weighted by Gasteiger charge is 2.40. The number of nitrogens with zero attached hydrogens (tertiary/aromatic N) is 1. The van der Waals surface area contributed by atoms with Crippen LogP contribution in [0.1, 0.15) is 91.0 Å². The molecule has 1 aromatic carbocycles. The lowest BCUT2D eigenvalue weighted by atomic mass is 9.96. The normalized spacial score (nSPS) is 24.5. The largest absolute Gasteiger partial charge is 0.508 e. The van der Waals surface area contributed by atoms with Crippen molar-refractivity contribution in [2.45, 2.75) is 140 Å². The van der Waals surface area contributed by atoms with E-state index < -0.39 is 145 Å². The Kier molecular flexibility index (Phi) is 22.0. The second-order valence-electron chi connectivity index (χ2n) is 17.8. The predicted molar refractivity (Wildman–Crippen MR) is 248 cm³/mol. The summed E-state index contributed by atoms with van der Waals surface area (Å²) in [5.41, 5.74) is 22.9. The van der Waals surface area contributed by atoms with Gasteiger partial charge in [-0.15, -0.1) is 0 Å². The summed E-state index contributed by atoms with van der Waals surface area (Å²) >= 11 is 0. The molecule has 1 fully saturated rings. The number of likely N-dealkylation sites (tertiary alicyclic amines) is 1. The zero-order valence-corrected chi connectivity index (χ0v) is 39.4. The van der Waals surface area contributed by atoms with Crippen LogP contribution in [0.15, 0.2) is 36.4 Å². The predicted octanol–water partition coefficient (Wildman–Crippen LogP) is -3.65. The van der Waals surface area contributed by atoms with Gasteiger partial charge in [0, 0.05) is 19.4 Å². The Morgan fingerprint density at radius 3 is 1.99 bits per heavy atom. The van der Waals surface area contributed by atoms with Crippen molar-refractivity contribution in [1.82, 2.24) is 42.1 Å². The average molecular weight is 969 g/mol. The van der Waals surface area contributed by atoms with Gasteiger partial charge in [0.2, 0.25) is 65.0 Å². The average Bonchev–Trinajstić information content (AvgIpc) is 3.78. The van der Waals surface area contributed by atoms with E-state index in [4.69, 9.17) is 22.9 Å². The van der Waals surface area contributed by atoms with Crippen LogP contribution in [0.25, 0.3) is 0 Å². The van der Waals surface area contributed by atoms with Gasteiger partial charge in [-0.3, -0.25) is 52.7 Å². The van der Waals surface area contributed by atoms with E-state index in [0.29, 0.717) is 18.4 Å². The lowest BCUT2D eigenvalue weighted by molar-refractivity contribution is -0.142. The fourth-order valence-electron chi connectivity index (χ4n) is 7.66. The zero-order valence-electron chi connectivity index (χ0n) is 39.4. The van der Waals surface area contributed by atoms with Gasteiger partial charge in [-0.05, 0) is 68.1 Å². The van der Waals surface area contributed by atoms with Gasteiger partial charge in [0.05, 0.1) is 19.0 Å². The summed E-state index contributed by atoms with van der Waals surface area (Å²) in [4.78, 5) is 148. The van der Waals surface area contributed by atoms with E-state index in [1.165, 1.54) is 41.3 Å². The Morgan fingerprint density at radius 1 is 0.768 bits per heavy atom. The molecule has 0 spiro atoms. The van der Waals surface area contributed by atoms with Gasteiger partial charge in [0.1, 0.15) is 48.0 Å². The summed E-state index contributed by atoms with van der Waals surface area (Å²) in [6.07, 6.45) is 1.73. The molecule has 24 heteroatoms. The molecule has 3 rings (SSSR count). The molecule has 0 bridgehead atoms. The molecule has 0 aliphatic carbocycles. The molecule has 11 amide bonds. The number of hydrogen-bond acceptors (Lipinski definition) is 13. The number of phenols is 1. The minimum absolute atomic E-state index is 0.0417. The van der Waals surface area contributed by atoms with Gasteiger partial charge >= 0.3 is 0 Å². The molecular weight excluding hydrogens is 901 g/mol. The summed E-state index contributed by atoms with van der Waals surface area (Å²) < 4.78 is 0. The molecule has 0 aromatic heterocycles. The Bertz CT molecular complexity index is 2080. The number of hydrogen-bond donors (Lipinski definition) is 12. The smallest absolute Gasteiger partial charge is 0.246 e. The van der Waals surface area contributed by atoms with Crippen LogP contribution in [0.4, 0.5) is 0 Å². The molecule has 1 saturated heterocycles. The lowest BCUT2D eigenvalue weighted by Gasteiger charge is -2.31. The Balaban J connectivity index is 2.08. The minimum atomic E-state index is -1.76. The molecule has 16 N–H and O–H groups in total. The van der Waals surface area contributed by atoms with E-state index in [1.54, 1.807) is 13.8 Å². The summed E-state index contributed by atoms with van der Waals surface area (Å²) in [6.45, 7) is 6.58. The van der Waals surface area contributed by atoms with Crippen molar-refractivity contribution in [3.8, 4) is 5.75 Å². The third kappa shape index (κ3) is 18.1. The first-order valence-corrected chi connectivity index (χ1v) is 22.9. The molecule has 2 unspecified atom stereocenters. The number of rotatable bonds is 17. The SMILES string of the molecule is CC[C@H](C)[C@@H]1NC(=O)C(Cc2ccc(O)cc2)NC(=O)[C@@H](N)C/C=C\C[C@@H](C(=O)N2CCC[C@H]2C(=O)N[C@@H](CC(C)C)C(=O)NCC(N)=O)NC(=O)C(CC(N)=O)NC(=O)[C@H](CCC(N)=O)NC1=O. The van der Waals surface area contributed by atoms with Crippen LogP contribution in [0, 0.1) is 11.8 Å². The number of benzene rings is 1. The molecule has 69 heavy (non-hydrogen) atoms. The first kappa shape index (κ1) is 56.2. The van der Waals surface area contributed by atoms with Crippen LogP contribution in [0.3, 0.4) is 0 Å². The number of phenolic OH excluding ortho intramolecular Hbond substituents is 1. The molecule has 380 valence electrons. The summed E-state index contributed by atoms with van der Waals surface area (Å²) in [5.74, 6) is -10.2. The molecule has 2 aliphatic rings. The number of amides is 11. The Hall–Kier alpha value is -7.11. The second kappa shape index (κ2) is 27.0. The maximum Gasteiger partial charge on any atom is 0.246 e. The van der Waals surface area contributed by atoms with Gasteiger partial charge in [0.15, 0.2) is 0 Å². The zero-order chi connectivity index (χ0) is 51.5. The Labute approximate surface area is 400 Å². The number of nitrogens with two attached hydrogens (primary N) is 4. The molecule has 9 atom stereocenters. The standard InChI is InChI=1S/C45H68N12O12/c1-5-24(4)37-44(68)51-28(16-17-34(47)59)40(64)54-32(21-35(48)60)41(65)52-29(10-7-6-9-27(46)38(62)53-31(42(66)56-37)20-25-12-14-26(58)15-13-25)45(69)57-18-8-11-33(57)43(67)55-30(19-23(2)3)39(63)50-22-36(49)61/h6-7,12-15,23-24,27-33,37,58H,5,8-11,16-22,46H2,1-4H3,(H2,47,59)(H2,48,60)(H2,49,61)(H,50,63)(H,51,68)(H,52,65)(H,53,62)(H,54,64)(H,55,67)(H,56,66)/b7-6-/t24-,27-,28-,29-,30-,31?,32?,33-,37-/m0/s1. The van der Waals surface area contributed by atoms with Gasteiger partial charge in [-0.2, -0.15) is 0 Å². The number of aromatic hydroxyl groups is 1. The van der Waals surface area contributed by atoms with Crippen molar-refractivity contribution in [3.05, 3.63) is 42.0 Å². The van der Waals surface area contributed by atoms with Gasteiger partial charge in [0.25, 0.3) is 0 Å². The van der Waals surface area contributed by atoms with E-state index in [9.17, 15) is 57.8 Å². The van der Waals surface area contributed by atoms with Gasteiger partial charge < -0.3 is 70.2 Å². The molecule has 0 radical (unpaired) electrons. The molecule has 0 saturated carbocycles. The highest BCUT2D eigenvalue weighted by Crippen LogP contribution is 2.21. The van der Waals surface area contributed by atoms with Crippen molar-refractivity contribution in [2.75, 3.05) is 13.1 Å². The highest BCUT2D eigenvalue weighted by molar-refractivity contribution is 5.99. The highest BCUT2D eigenvalue weighted by atomic mass is 16.3. The van der Waals surface area contributed by atoms with E-state index >= 15 is 0 Å². The van der Waals surface area contributed by atoms with Crippen LogP contribution in [-0.4, -0.2) is 136 Å². The molecular formula is C45H68N12O12. The lowest BCUT2D eigenvalue weighted by Crippen LogP contribution is -2.61. The third-order valence-corrected chi connectivity index (χ3v) is 11.6. The first-order valence-electron chi connectivity index (χ1n) is 22.9. The second-order valence-corrected chi connectivity index (χ2v) is 17.8. The van der Waals surface area contributed by atoms with E-state index in [-0.39, 0.29) is 50.3 Å². The topological polar surface area (TPSA) is 400 Å². The van der Waals surface area contributed by atoms with Crippen molar-refractivity contribution in [1.29, 1.82) is 0 Å². The quantitative estimate of drug-likeness (QED) is 0.0671. The molecule has 2 heterocycles. The van der Waals surface area contributed by atoms with Crippen LogP contribution in [0.2, 0.25) is 0 Å². The van der Waals surface area contributed by atoms with E-state index in [1.807, 2.05) is 13.8 Å². The van der Waals surface area contributed by atoms with Crippen LogP contribution in [0.5, 0.6) is 5.75 Å². The number of primary amides is 3. The molecule has 24 nitrogen and oxygen atoms in total. The summed E-state index contributed by atoms with van der Waals surface area (Å²) in [5, 5.41) is 27.6. The van der Waals surface area contributed by atoms with Gasteiger partial charge in [-0.1, -0.05) is 58.4 Å². The van der Waals surface area contributed by atoms with E-state index in [0.717, 1.165) is 0 Å². The van der Waals surface area contributed by atoms with E-state index in [2.05, 4.69) is 37.2 Å². The van der Waals surface area contributed by atoms with Crippen molar-refractivity contribution < 1.29 is 57.8 Å². The maximum atomic E-state index is 14.5. The maximum absolute atomic E-state index is 14.5. The van der Waals surface area contributed by atoms with Crippen LogP contribution in [-0.2, 0) is 59.2 Å². The first-order chi connectivity index (χ1) is 32.5. The molecule has 1 aromatic rings. The van der Waals surface area contributed by atoms with Crippen LogP contribution < -0.4 is 60.2 Å². The van der Waals surface area contributed by atoms with Crippen molar-refractivity contribution in [2.24, 2.45) is 34.8 Å². The number of nitrogens with one attached hydrogen (secondary N) is 7. The minimum Gasteiger partial charge on any atom is -0.508 e. The fraction of sp³-hybridized carbons (Fsp3) is 0.578. The monoisotopic (exact) mass is 969 g/mol. The fourth-order valence-corrected chi connectivity index (χ4v) is 7.66. The summed E-state index contributed by atoms with van der Waals surface area (Å²) in [6, 6.07) is -5.15. The Morgan fingerprint density at radius 2 is 1.38 bits per heavy atom.